The number of carbonyl (C=O) groups excluding carboxylic acids is 1. The Kier molecular flexibility index (Phi) is 6.33. The van der Waals surface area contributed by atoms with Crippen LogP contribution in [0.25, 0.3) is 0 Å². The number of amides is 1. The van der Waals surface area contributed by atoms with Crippen LogP contribution in [0.15, 0.2) is 36.9 Å². The standard InChI is InChI=1S/C17H23NO6/c1-3-6-11-7-4-5-8-12(11)23-17-14(18-10(2)20)16(22)15(21)13(9-19)24-17/h3-5,7-8,13-17,19,21-22H,1,6,9H2,2H3,(H,18,20)/t13-,14+,15+,16-,17-/m0/s1. The lowest BCUT2D eigenvalue weighted by atomic mass is 9.97. The lowest BCUT2D eigenvalue weighted by molar-refractivity contribution is -0.244. The molecule has 1 aliphatic rings. The van der Waals surface area contributed by atoms with Gasteiger partial charge in [-0.2, -0.15) is 0 Å². The summed E-state index contributed by atoms with van der Waals surface area (Å²) in [6.07, 6.45) is -2.45. The molecular formula is C17H23NO6. The third kappa shape index (κ3) is 4.12. The smallest absolute Gasteiger partial charge is 0.223 e. The number of aliphatic hydroxyl groups excluding tert-OH is 3. The minimum atomic E-state index is -1.34. The van der Waals surface area contributed by atoms with Crippen molar-refractivity contribution >= 4 is 5.91 Å². The van der Waals surface area contributed by atoms with E-state index in [0.717, 1.165) is 5.56 Å². The van der Waals surface area contributed by atoms with Crippen LogP contribution >= 0.6 is 0 Å². The highest BCUT2D eigenvalue weighted by atomic mass is 16.7. The van der Waals surface area contributed by atoms with Gasteiger partial charge in [0, 0.05) is 6.92 Å². The van der Waals surface area contributed by atoms with Gasteiger partial charge in [0.05, 0.1) is 6.61 Å². The van der Waals surface area contributed by atoms with Crippen LogP contribution < -0.4 is 10.1 Å². The maximum Gasteiger partial charge on any atom is 0.223 e. The van der Waals surface area contributed by atoms with E-state index in [4.69, 9.17) is 9.47 Å². The zero-order valence-corrected chi connectivity index (χ0v) is 13.5. The molecule has 5 atom stereocenters. The fourth-order valence-corrected chi connectivity index (χ4v) is 2.64. The molecule has 132 valence electrons. The first-order valence-corrected chi connectivity index (χ1v) is 7.73. The Hall–Kier alpha value is -1.93. The molecule has 0 radical (unpaired) electrons. The Morgan fingerprint density at radius 3 is 2.71 bits per heavy atom. The van der Waals surface area contributed by atoms with Crippen molar-refractivity contribution in [1.29, 1.82) is 0 Å². The van der Waals surface area contributed by atoms with Crippen LogP contribution in [0.1, 0.15) is 12.5 Å². The summed E-state index contributed by atoms with van der Waals surface area (Å²) < 4.78 is 11.4. The van der Waals surface area contributed by atoms with Gasteiger partial charge < -0.3 is 30.1 Å². The summed E-state index contributed by atoms with van der Waals surface area (Å²) >= 11 is 0. The molecule has 7 nitrogen and oxygen atoms in total. The number of ether oxygens (including phenoxy) is 2. The van der Waals surface area contributed by atoms with Crippen molar-refractivity contribution in [3.63, 3.8) is 0 Å². The van der Waals surface area contributed by atoms with Crippen molar-refractivity contribution in [3.8, 4) is 5.75 Å². The van der Waals surface area contributed by atoms with Crippen LogP contribution in [-0.4, -0.2) is 58.5 Å². The van der Waals surface area contributed by atoms with Gasteiger partial charge in [0.25, 0.3) is 0 Å². The van der Waals surface area contributed by atoms with E-state index in [-0.39, 0.29) is 0 Å². The van der Waals surface area contributed by atoms with Gasteiger partial charge in [0.15, 0.2) is 0 Å². The fourth-order valence-electron chi connectivity index (χ4n) is 2.64. The molecular weight excluding hydrogens is 314 g/mol. The van der Waals surface area contributed by atoms with Gasteiger partial charge in [-0.3, -0.25) is 4.79 Å². The first-order chi connectivity index (χ1) is 11.5. The Morgan fingerprint density at radius 2 is 2.08 bits per heavy atom. The van der Waals surface area contributed by atoms with Gasteiger partial charge in [-0.1, -0.05) is 24.3 Å². The molecule has 2 rings (SSSR count). The largest absolute Gasteiger partial charge is 0.462 e. The molecule has 1 aromatic rings. The normalized spacial score (nSPS) is 29.8. The van der Waals surface area contributed by atoms with Crippen LogP contribution in [0.4, 0.5) is 0 Å². The van der Waals surface area contributed by atoms with E-state index in [2.05, 4.69) is 11.9 Å². The second-order valence-corrected chi connectivity index (χ2v) is 5.65. The van der Waals surface area contributed by atoms with E-state index >= 15 is 0 Å². The zero-order valence-electron chi connectivity index (χ0n) is 13.5. The van der Waals surface area contributed by atoms with Crippen molar-refractivity contribution in [2.75, 3.05) is 6.61 Å². The van der Waals surface area contributed by atoms with Crippen LogP contribution in [0.2, 0.25) is 0 Å². The summed E-state index contributed by atoms with van der Waals surface area (Å²) in [4.78, 5) is 11.4. The summed E-state index contributed by atoms with van der Waals surface area (Å²) in [5.74, 6) is 0.114. The summed E-state index contributed by atoms with van der Waals surface area (Å²) in [5, 5.41) is 32.1. The number of carbonyl (C=O) groups is 1. The average Bonchev–Trinajstić information content (AvgIpc) is 2.56. The number of hydrogen-bond donors (Lipinski definition) is 4. The highest BCUT2D eigenvalue weighted by molar-refractivity contribution is 5.73. The molecule has 0 spiro atoms. The Bertz CT molecular complexity index is 578. The molecule has 1 saturated heterocycles. The number of allylic oxidation sites excluding steroid dienone is 1. The van der Waals surface area contributed by atoms with Crippen molar-refractivity contribution in [1.82, 2.24) is 5.32 Å². The molecule has 1 heterocycles. The monoisotopic (exact) mass is 337 g/mol. The Labute approximate surface area is 140 Å². The van der Waals surface area contributed by atoms with E-state index in [1.165, 1.54) is 6.92 Å². The van der Waals surface area contributed by atoms with Gasteiger partial charge in [-0.05, 0) is 18.1 Å². The lowest BCUT2D eigenvalue weighted by Gasteiger charge is -2.42. The highest BCUT2D eigenvalue weighted by Crippen LogP contribution is 2.27. The van der Waals surface area contributed by atoms with Crippen LogP contribution in [0.5, 0.6) is 5.75 Å². The minimum Gasteiger partial charge on any atom is -0.462 e. The van der Waals surface area contributed by atoms with Crippen LogP contribution in [0, 0.1) is 0 Å². The van der Waals surface area contributed by atoms with Crippen molar-refractivity contribution in [3.05, 3.63) is 42.5 Å². The van der Waals surface area contributed by atoms with Crippen LogP contribution in [0.3, 0.4) is 0 Å². The number of nitrogens with one attached hydrogen (secondary N) is 1. The second kappa shape index (κ2) is 8.25. The lowest BCUT2D eigenvalue weighted by Crippen LogP contribution is -2.65. The van der Waals surface area contributed by atoms with Crippen molar-refractivity contribution in [2.45, 2.75) is 44.0 Å². The quantitative estimate of drug-likeness (QED) is 0.533. The molecule has 1 amide bonds. The maximum atomic E-state index is 11.4. The predicted octanol–water partition coefficient (Wildman–Crippen LogP) is -0.262. The molecule has 7 heteroatoms. The first kappa shape index (κ1) is 18.4. The number of para-hydroxylation sites is 1. The molecule has 4 N–H and O–H groups in total. The first-order valence-electron chi connectivity index (χ1n) is 7.73. The fraction of sp³-hybridized carbons (Fsp3) is 0.471. The van der Waals surface area contributed by atoms with E-state index < -0.39 is 43.2 Å². The number of benzene rings is 1. The number of rotatable bonds is 6. The maximum absolute atomic E-state index is 11.4. The summed E-state index contributed by atoms with van der Waals surface area (Å²) in [7, 11) is 0. The Morgan fingerprint density at radius 1 is 1.38 bits per heavy atom. The van der Waals surface area contributed by atoms with E-state index in [0.29, 0.717) is 12.2 Å². The van der Waals surface area contributed by atoms with Crippen molar-refractivity contribution < 1.29 is 29.6 Å². The SMILES string of the molecule is C=CCc1ccccc1O[C@H]1O[C@@H](CO)[C@@H](O)[C@@H](O)[C@H]1NC(C)=O. The van der Waals surface area contributed by atoms with Gasteiger partial charge in [-0.25, -0.2) is 0 Å². The van der Waals surface area contributed by atoms with E-state index in [1.54, 1.807) is 18.2 Å². The van der Waals surface area contributed by atoms with E-state index in [1.807, 2.05) is 12.1 Å². The Balaban J connectivity index is 2.26. The predicted molar refractivity (Wildman–Crippen MR) is 86.3 cm³/mol. The third-order valence-corrected chi connectivity index (χ3v) is 3.83. The molecule has 1 aromatic carbocycles. The zero-order chi connectivity index (χ0) is 17.7. The molecule has 0 saturated carbocycles. The minimum absolute atomic E-state index is 0.398. The summed E-state index contributed by atoms with van der Waals surface area (Å²) in [6, 6.07) is 6.26. The van der Waals surface area contributed by atoms with Gasteiger partial charge in [0.2, 0.25) is 12.2 Å². The van der Waals surface area contributed by atoms with E-state index in [9.17, 15) is 20.1 Å². The van der Waals surface area contributed by atoms with Gasteiger partial charge in [0.1, 0.15) is 30.1 Å². The summed E-state index contributed by atoms with van der Waals surface area (Å²) in [6.45, 7) is 4.50. The number of aliphatic hydroxyl groups is 3. The number of hydrogen-bond acceptors (Lipinski definition) is 6. The molecule has 0 unspecified atom stereocenters. The van der Waals surface area contributed by atoms with Gasteiger partial charge >= 0.3 is 0 Å². The molecule has 0 bridgehead atoms. The molecule has 0 aliphatic carbocycles. The molecule has 1 aliphatic heterocycles. The third-order valence-electron chi connectivity index (χ3n) is 3.83. The van der Waals surface area contributed by atoms with Crippen LogP contribution in [-0.2, 0) is 16.0 Å². The molecule has 24 heavy (non-hydrogen) atoms. The van der Waals surface area contributed by atoms with Crippen molar-refractivity contribution in [2.24, 2.45) is 0 Å². The topological polar surface area (TPSA) is 108 Å². The molecule has 1 fully saturated rings. The average molecular weight is 337 g/mol. The van der Waals surface area contributed by atoms with Gasteiger partial charge in [-0.15, -0.1) is 6.58 Å². The highest BCUT2D eigenvalue weighted by Gasteiger charge is 2.46. The second-order valence-electron chi connectivity index (χ2n) is 5.65. The molecule has 0 aromatic heterocycles. The summed E-state index contributed by atoms with van der Waals surface area (Å²) in [5.41, 5.74) is 0.860.